The SMILES string of the molecule is CCCNC(=O)c1c[nH]c(C(=NC=N)N(C(=O)OCOC(=O)C(C)O)c2cc(C(=O)NC3CC3)ccc2C)c1C. The molecule has 5 N–H and O–H groups in total. The van der Waals surface area contributed by atoms with Crippen molar-refractivity contribution in [1.82, 2.24) is 15.6 Å². The fourth-order valence-electron chi connectivity index (χ4n) is 3.70. The van der Waals surface area contributed by atoms with Crippen molar-refractivity contribution in [3.63, 3.8) is 0 Å². The number of H-pyrrole nitrogens is 1. The number of aromatic amines is 1. The fraction of sp³-hybridized carbons (Fsp3) is 0.407. The zero-order chi connectivity index (χ0) is 29.4. The molecule has 1 aliphatic rings. The van der Waals surface area contributed by atoms with Gasteiger partial charge in [0, 0.05) is 24.3 Å². The number of nitrogens with one attached hydrogen (secondary N) is 4. The lowest BCUT2D eigenvalue weighted by molar-refractivity contribution is -0.160. The summed E-state index contributed by atoms with van der Waals surface area (Å²) >= 11 is 0. The first-order valence-electron chi connectivity index (χ1n) is 12.8. The number of carbonyl (C=O) groups excluding carboxylic acids is 4. The predicted octanol–water partition coefficient (Wildman–Crippen LogP) is 2.54. The summed E-state index contributed by atoms with van der Waals surface area (Å²) in [5.74, 6) is -1.74. The van der Waals surface area contributed by atoms with E-state index in [-0.39, 0.29) is 40.6 Å². The van der Waals surface area contributed by atoms with Gasteiger partial charge in [-0.1, -0.05) is 13.0 Å². The number of rotatable bonds is 11. The number of ether oxygens (including phenoxy) is 2. The van der Waals surface area contributed by atoms with E-state index in [2.05, 4.69) is 20.6 Å². The molecule has 1 aliphatic carbocycles. The third-order valence-corrected chi connectivity index (χ3v) is 6.07. The molecule has 1 fully saturated rings. The van der Waals surface area contributed by atoms with Gasteiger partial charge in [0.1, 0.15) is 12.4 Å². The molecule has 1 unspecified atom stereocenters. The van der Waals surface area contributed by atoms with E-state index < -0.39 is 25.0 Å². The molecule has 0 bridgehead atoms. The van der Waals surface area contributed by atoms with Crippen LogP contribution in [0.1, 0.15) is 70.6 Å². The maximum absolute atomic E-state index is 13.5. The summed E-state index contributed by atoms with van der Waals surface area (Å²) in [5.41, 5.74) is 2.06. The van der Waals surface area contributed by atoms with Gasteiger partial charge < -0.3 is 30.2 Å². The summed E-state index contributed by atoms with van der Waals surface area (Å²) in [6.45, 7) is 6.15. The van der Waals surface area contributed by atoms with Crippen molar-refractivity contribution in [3.8, 4) is 0 Å². The molecule has 214 valence electrons. The van der Waals surface area contributed by atoms with E-state index in [9.17, 15) is 24.3 Å². The largest absolute Gasteiger partial charge is 0.426 e. The molecular formula is C27H34N6O7. The van der Waals surface area contributed by atoms with Crippen LogP contribution in [0.2, 0.25) is 0 Å². The first kappa shape index (κ1) is 30.0. The number of aliphatic imine (C=N–C) groups is 1. The molecule has 1 aromatic heterocycles. The van der Waals surface area contributed by atoms with E-state index in [1.807, 2.05) is 6.92 Å². The second-order valence-corrected chi connectivity index (χ2v) is 9.29. The second-order valence-electron chi connectivity index (χ2n) is 9.29. The number of carbonyl (C=O) groups is 4. The van der Waals surface area contributed by atoms with Crippen LogP contribution in [0.3, 0.4) is 0 Å². The van der Waals surface area contributed by atoms with Gasteiger partial charge in [0.25, 0.3) is 11.8 Å². The molecule has 0 aliphatic heterocycles. The minimum absolute atomic E-state index is 0.100. The highest BCUT2D eigenvalue weighted by atomic mass is 16.7. The lowest BCUT2D eigenvalue weighted by atomic mass is 10.1. The van der Waals surface area contributed by atoms with Crippen LogP contribution in [0.4, 0.5) is 10.5 Å². The van der Waals surface area contributed by atoms with Crippen LogP contribution in [0.25, 0.3) is 0 Å². The minimum atomic E-state index is -1.42. The first-order valence-corrected chi connectivity index (χ1v) is 12.8. The van der Waals surface area contributed by atoms with E-state index >= 15 is 0 Å². The van der Waals surface area contributed by atoms with Crippen LogP contribution in [-0.4, -0.2) is 71.6 Å². The topological polar surface area (TPSA) is 186 Å². The van der Waals surface area contributed by atoms with Crippen LogP contribution in [0.5, 0.6) is 0 Å². The Balaban J connectivity index is 2.06. The minimum Gasteiger partial charge on any atom is -0.426 e. The monoisotopic (exact) mass is 554 g/mol. The molecule has 1 heterocycles. The summed E-state index contributed by atoms with van der Waals surface area (Å²) in [6, 6.07) is 4.87. The highest BCUT2D eigenvalue weighted by Crippen LogP contribution is 2.27. The molecule has 13 heteroatoms. The summed E-state index contributed by atoms with van der Waals surface area (Å²) in [6.07, 6.45) is 2.25. The molecule has 3 rings (SSSR count). The lowest BCUT2D eigenvalue weighted by Gasteiger charge is -2.25. The molecule has 2 aromatic rings. The molecule has 40 heavy (non-hydrogen) atoms. The molecule has 0 spiro atoms. The van der Waals surface area contributed by atoms with Crippen LogP contribution in [-0.2, 0) is 14.3 Å². The number of hydrogen-bond donors (Lipinski definition) is 5. The number of hydrogen-bond acceptors (Lipinski definition) is 8. The van der Waals surface area contributed by atoms with Gasteiger partial charge in [-0.15, -0.1) is 0 Å². The van der Waals surface area contributed by atoms with Crippen molar-refractivity contribution < 1.29 is 33.8 Å². The van der Waals surface area contributed by atoms with Gasteiger partial charge in [0.15, 0.2) is 5.84 Å². The summed E-state index contributed by atoms with van der Waals surface area (Å²) in [7, 11) is 0. The Morgan fingerprint density at radius 1 is 1.23 bits per heavy atom. The van der Waals surface area contributed by atoms with Crippen molar-refractivity contribution in [1.29, 1.82) is 5.41 Å². The number of aryl methyl sites for hydroxylation is 1. The van der Waals surface area contributed by atoms with Gasteiger partial charge in [-0.2, -0.15) is 0 Å². The standard InChI is InChI=1S/C27H34N6O7/c1-5-10-29-25(36)20-12-30-22(16(20)3)23(31-13-28)33(27(38)40-14-39-26(37)17(4)34)21-11-18(7-6-15(21)2)24(35)32-19-8-9-19/h6-7,11-13,17,19,28,30,34H,5,8-10,14H2,1-4H3,(H,29,36)(H,32,35). The van der Waals surface area contributed by atoms with E-state index in [1.54, 1.807) is 26.0 Å². The number of amidine groups is 1. The van der Waals surface area contributed by atoms with Gasteiger partial charge in [0.2, 0.25) is 6.79 Å². The van der Waals surface area contributed by atoms with Crippen molar-refractivity contribution in [2.45, 2.75) is 59.1 Å². The number of aliphatic hydroxyl groups is 1. The first-order chi connectivity index (χ1) is 19.1. The van der Waals surface area contributed by atoms with Gasteiger partial charge in [-0.25, -0.2) is 19.5 Å². The molecule has 1 atom stereocenters. The maximum Gasteiger partial charge on any atom is 0.423 e. The van der Waals surface area contributed by atoms with E-state index in [4.69, 9.17) is 14.9 Å². The Labute approximate surface area is 231 Å². The summed E-state index contributed by atoms with van der Waals surface area (Å²) in [5, 5.41) is 22.7. The van der Waals surface area contributed by atoms with Gasteiger partial charge in [0.05, 0.1) is 16.9 Å². The molecular weight excluding hydrogens is 520 g/mol. The van der Waals surface area contributed by atoms with E-state index in [0.29, 0.717) is 23.2 Å². The quantitative estimate of drug-likeness (QED) is 0.122. The van der Waals surface area contributed by atoms with Crippen LogP contribution >= 0.6 is 0 Å². The highest BCUT2D eigenvalue weighted by Gasteiger charge is 2.31. The predicted molar refractivity (Wildman–Crippen MR) is 147 cm³/mol. The maximum atomic E-state index is 13.5. The molecule has 13 nitrogen and oxygen atoms in total. The third kappa shape index (κ3) is 7.32. The zero-order valence-corrected chi connectivity index (χ0v) is 22.9. The average Bonchev–Trinajstić information content (AvgIpc) is 3.65. The number of amides is 3. The summed E-state index contributed by atoms with van der Waals surface area (Å²) in [4.78, 5) is 58.7. The number of benzene rings is 1. The molecule has 0 saturated heterocycles. The number of aromatic nitrogens is 1. The Kier molecular flexibility index (Phi) is 10.1. The van der Waals surface area contributed by atoms with Crippen LogP contribution < -0.4 is 15.5 Å². The van der Waals surface area contributed by atoms with Crippen molar-refractivity contribution in [2.24, 2.45) is 4.99 Å². The Bertz CT molecular complexity index is 1310. The van der Waals surface area contributed by atoms with Gasteiger partial charge >= 0.3 is 12.1 Å². The van der Waals surface area contributed by atoms with Gasteiger partial charge in [-0.05, 0) is 63.3 Å². The molecule has 3 amide bonds. The van der Waals surface area contributed by atoms with E-state index in [1.165, 1.54) is 19.2 Å². The number of anilines is 1. The Morgan fingerprint density at radius 2 is 1.95 bits per heavy atom. The van der Waals surface area contributed by atoms with Crippen LogP contribution in [0.15, 0.2) is 29.4 Å². The number of esters is 1. The summed E-state index contributed by atoms with van der Waals surface area (Å²) < 4.78 is 9.97. The number of aliphatic hydroxyl groups excluding tert-OH is 1. The van der Waals surface area contributed by atoms with Crippen molar-refractivity contribution in [2.75, 3.05) is 18.2 Å². The van der Waals surface area contributed by atoms with Crippen LogP contribution in [0, 0.1) is 19.3 Å². The smallest absolute Gasteiger partial charge is 0.423 e. The molecule has 0 radical (unpaired) electrons. The molecule has 1 aromatic carbocycles. The third-order valence-electron chi connectivity index (χ3n) is 6.07. The fourth-order valence-corrected chi connectivity index (χ4v) is 3.70. The Hall–Kier alpha value is -4.52. The zero-order valence-electron chi connectivity index (χ0n) is 22.9. The van der Waals surface area contributed by atoms with Crippen molar-refractivity contribution in [3.05, 3.63) is 52.3 Å². The highest BCUT2D eigenvalue weighted by molar-refractivity contribution is 6.24. The van der Waals surface area contributed by atoms with Crippen molar-refractivity contribution >= 4 is 41.7 Å². The van der Waals surface area contributed by atoms with E-state index in [0.717, 1.165) is 30.5 Å². The Morgan fingerprint density at radius 3 is 2.58 bits per heavy atom. The second kappa shape index (κ2) is 13.5. The molecule has 1 saturated carbocycles. The lowest BCUT2D eigenvalue weighted by Crippen LogP contribution is -2.40. The number of nitrogens with zero attached hydrogens (tertiary/aromatic N) is 2. The normalized spacial score (nSPS) is 13.7. The van der Waals surface area contributed by atoms with Gasteiger partial charge in [-0.3, -0.25) is 15.0 Å². The average molecular weight is 555 g/mol.